The molecule has 3 aromatic carbocycles. The molecule has 0 unspecified atom stereocenters. The van der Waals surface area contributed by atoms with Crippen molar-refractivity contribution in [3.63, 3.8) is 0 Å². The lowest BCUT2D eigenvalue weighted by atomic mass is 10.0. The molecule has 0 bridgehead atoms. The molecule has 0 saturated heterocycles. The van der Waals surface area contributed by atoms with Crippen LogP contribution < -0.4 is 14.8 Å². The second-order valence-electron chi connectivity index (χ2n) is 9.10. The van der Waals surface area contributed by atoms with Crippen LogP contribution in [0.15, 0.2) is 65.1 Å². The number of hydrogen-bond acceptors (Lipinski definition) is 6. The number of rotatable bonds is 10. The molecule has 1 heterocycles. The number of amides is 1. The van der Waals surface area contributed by atoms with Crippen LogP contribution in [0.3, 0.4) is 0 Å². The Balaban J connectivity index is 1.71. The minimum absolute atomic E-state index is 0.0405. The maximum absolute atomic E-state index is 13.5. The van der Waals surface area contributed by atoms with Crippen LogP contribution in [0.25, 0.3) is 22.3 Å². The highest BCUT2D eigenvalue weighted by Gasteiger charge is 2.25. The quantitative estimate of drug-likeness (QED) is 0.259. The number of benzene rings is 3. The molecule has 3 N–H and O–H groups in total. The minimum Gasteiger partial charge on any atom is -0.491 e. The number of carboxylic acid groups (broad SMARTS) is 1. The zero-order valence-electron chi connectivity index (χ0n) is 21.4. The maximum atomic E-state index is 13.5. The molecule has 11 heteroatoms. The lowest BCUT2D eigenvalue weighted by Gasteiger charge is -2.15. The Morgan fingerprint density at radius 2 is 1.72 bits per heavy atom. The van der Waals surface area contributed by atoms with Crippen LogP contribution in [-0.4, -0.2) is 38.6 Å². The number of carbonyl (C=O) groups excluding carboxylic acids is 1. The third-order valence-corrected chi connectivity index (χ3v) is 7.11. The van der Waals surface area contributed by atoms with Crippen molar-refractivity contribution in [2.24, 2.45) is 0 Å². The summed E-state index contributed by atoms with van der Waals surface area (Å²) < 4.78 is 54.0. The first kappa shape index (κ1) is 27.8. The van der Waals surface area contributed by atoms with E-state index in [0.717, 1.165) is 0 Å². The zero-order valence-corrected chi connectivity index (χ0v) is 22.3. The summed E-state index contributed by atoms with van der Waals surface area (Å²) in [5.74, 6) is -1.91. The lowest BCUT2D eigenvalue weighted by Crippen LogP contribution is -2.25. The molecule has 0 spiro atoms. The number of hydrogen-bond donors (Lipinski definition) is 3. The predicted octanol–water partition coefficient (Wildman–Crippen LogP) is 4.70. The van der Waals surface area contributed by atoms with E-state index in [1.807, 2.05) is 0 Å². The Kier molecular flexibility index (Phi) is 8.03. The molecule has 4 rings (SSSR count). The largest absolute Gasteiger partial charge is 0.491 e. The fourth-order valence-electron chi connectivity index (χ4n) is 4.01. The number of halogens is 1. The van der Waals surface area contributed by atoms with Gasteiger partial charge in [0, 0.05) is 30.1 Å². The number of fused-ring (bicyclic) bond motifs is 1. The van der Waals surface area contributed by atoms with Crippen molar-refractivity contribution in [1.29, 1.82) is 0 Å². The van der Waals surface area contributed by atoms with Gasteiger partial charge in [-0.05, 0) is 67.9 Å². The van der Waals surface area contributed by atoms with Crippen LogP contribution >= 0.6 is 0 Å². The second-order valence-corrected chi connectivity index (χ2v) is 10.9. The number of furan rings is 1. The lowest BCUT2D eigenvalue weighted by molar-refractivity contribution is 0.0696. The normalized spacial score (nSPS) is 11.6. The standard InChI is InChI=1S/C28H27FN2O7S/c1-16(2)37-23-13-22-24(38-26(25(22)27(32)30-3)18-8-10-21(29)11-9-18)12-20(23)15-39(35,36)31-14-17-4-6-19(7-5-17)28(33)34/h4-13,16,31H,14-15H2,1-3H3,(H,30,32)(H,33,34). The van der Waals surface area contributed by atoms with Gasteiger partial charge in [-0.3, -0.25) is 4.79 Å². The summed E-state index contributed by atoms with van der Waals surface area (Å²) in [5, 5.41) is 12.0. The summed E-state index contributed by atoms with van der Waals surface area (Å²) in [6.07, 6.45) is -0.295. The van der Waals surface area contributed by atoms with E-state index in [1.54, 1.807) is 19.9 Å². The van der Waals surface area contributed by atoms with Crippen LogP contribution in [0.4, 0.5) is 4.39 Å². The fraction of sp³-hybridized carbons (Fsp3) is 0.214. The van der Waals surface area contributed by atoms with Gasteiger partial charge in [0.25, 0.3) is 5.91 Å². The number of carboxylic acids is 1. The third kappa shape index (κ3) is 6.44. The van der Waals surface area contributed by atoms with E-state index in [0.29, 0.717) is 22.1 Å². The van der Waals surface area contributed by atoms with E-state index in [-0.39, 0.29) is 40.9 Å². The molecule has 1 amide bonds. The molecule has 0 fully saturated rings. The first-order valence-electron chi connectivity index (χ1n) is 12.0. The van der Waals surface area contributed by atoms with Gasteiger partial charge in [-0.15, -0.1) is 0 Å². The Labute approximate surface area is 224 Å². The van der Waals surface area contributed by atoms with Gasteiger partial charge in [0.1, 0.15) is 22.9 Å². The molecule has 204 valence electrons. The first-order chi connectivity index (χ1) is 18.5. The van der Waals surface area contributed by atoms with Crippen molar-refractivity contribution < 1.29 is 36.7 Å². The molecule has 0 aliphatic rings. The zero-order chi connectivity index (χ0) is 28.3. The molecule has 0 aliphatic heterocycles. The summed E-state index contributed by atoms with van der Waals surface area (Å²) >= 11 is 0. The summed E-state index contributed by atoms with van der Waals surface area (Å²) in [7, 11) is -2.40. The molecule has 1 aromatic heterocycles. The Morgan fingerprint density at radius 1 is 1.05 bits per heavy atom. The molecule has 0 aliphatic carbocycles. The van der Waals surface area contributed by atoms with Crippen LogP contribution in [0.2, 0.25) is 0 Å². The number of carbonyl (C=O) groups is 2. The van der Waals surface area contributed by atoms with E-state index < -0.39 is 33.5 Å². The van der Waals surface area contributed by atoms with Gasteiger partial charge in [0.15, 0.2) is 0 Å². The van der Waals surface area contributed by atoms with Crippen molar-refractivity contribution in [2.75, 3.05) is 7.05 Å². The first-order valence-corrected chi connectivity index (χ1v) is 13.7. The maximum Gasteiger partial charge on any atom is 0.335 e. The molecular weight excluding hydrogens is 527 g/mol. The average molecular weight is 555 g/mol. The summed E-state index contributed by atoms with van der Waals surface area (Å²) in [4.78, 5) is 23.9. The van der Waals surface area contributed by atoms with Gasteiger partial charge in [-0.2, -0.15) is 0 Å². The van der Waals surface area contributed by atoms with Gasteiger partial charge in [0.05, 0.1) is 23.0 Å². The molecule has 0 atom stereocenters. The predicted molar refractivity (Wildman–Crippen MR) is 144 cm³/mol. The van der Waals surface area contributed by atoms with Gasteiger partial charge in [-0.1, -0.05) is 12.1 Å². The Morgan fingerprint density at radius 3 is 2.31 bits per heavy atom. The Hall–Kier alpha value is -4.22. The Bertz CT molecular complexity index is 1630. The van der Waals surface area contributed by atoms with Gasteiger partial charge < -0.3 is 19.6 Å². The number of sulfonamides is 1. The van der Waals surface area contributed by atoms with Crippen molar-refractivity contribution in [1.82, 2.24) is 10.0 Å². The van der Waals surface area contributed by atoms with Gasteiger partial charge >= 0.3 is 5.97 Å². The molecular formula is C28H27FN2O7S. The SMILES string of the molecule is CNC(=O)c1c(-c2ccc(F)cc2)oc2cc(CS(=O)(=O)NCc3ccc(C(=O)O)cc3)c(OC(C)C)cc12. The monoisotopic (exact) mass is 554 g/mol. The number of ether oxygens (including phenoxy) is 1. The van der Waals surface area contributed by atoms with Crippen molar-refractivity contribution in [3.8, 4) is 17.1 Å². The van der Waals surface area contributed by atoms with E-state index in [9.17, 15) is 22.4 Å². The molecule has 4 aromatic rings. The fourth-order valence-corrected chi connectivity index (χ4v) is 5.13. The van der Waals surface area contributed by atoms with E-state index in [4.69, 9.17) is 14.3 Å². The smallest absolute Gasteiger partial charge is 0.335 e. The van der Waals surface area contributed by atoms with E-state index >= 15 is 0 Å². The highest BCUT2D eigenvalue weighted by Crippen LogP contribution is 2.38. The summed E-state index contributed by atoms with van der Waals surface area (Å²) in [6, 6.07) is 14.4. The number of aromatic carboxylic acids is 1. The molecule has 39 heavy (non-hydrogen) atoms. The van der Waals surface area contributed by atoms with Gasteiger partial charge in [0.2, 0.25) is 10.0 Å². The van der Waals surface area contributed by atoms with Crippen molar-refractivity contribution in [3.05, 3.63) is 88.7 Å². The highest BCUT2D eigenvalue weighted by molar-refractivity contribution is 7.88. The summed E-state index contributed by atoms with van der Waals surface area (Å²) in [5.41, 5.74) is 1.95. The molecule has 0 saturated carbocycles. The van der Waals surface area contributed by atoms with Gasteiger partial charge in [-0.25, -0.2) is 22.3 Å². The van der Waals surface area contributed by atoms with Crippen molar-refractivity contribution >= 4 is 32.9 Å². The van der Waals surface area contributed by atoms with E-state index in [2.05, 4.69) is 10.0 Å². The van der Waals surface area contributed by atoms with Crippen molar-refractivity contribution in [2.45, 2.75) is 32.2 Å². The minimum atomic E-state index is -3.88. The van der Waals surface area contributed by atoms with Crippen LogP contribution in [0, 0.1) is 5.82 Å². The van der Waals surface area contributed by atoms with Crippen LogP contribution in [0.1, 0.15) is 45.7 Å². The third-order valence-electron chi connectivity index (χ3n) is 5.84. The molecule has 9 nitrogen and oxygen atoms in total. The van der Waals surface area contributed by atoms with Crippen LogP contribution in [0.5, 0.6) is 5.75 Å². The topological polar surface area (TPSA) is 135 Å². The number of nitrogens with one attached hydrogen (secondary N) is 2. The summed E-state index contributed by atoms with van der Waals surface area (Å²) in [6.45, 7) is 3.54. The van der Waals surface area contributed by atoms with E-state index in [1.165, 1.54) is 61.6 Å². The molecule has 0 radical (unpaired) electrons. The average Bonchev–Trinajstić information content (AvgIpc) is 3.25. The second kappa shape index (κ2) is 11.3. The van der Waals surface area contributed by atoms with Crippen LogP contribution in [-0.2, 0) is 22.3 Å². The highest BCUT2D eigenvalue weighted by atomic mass is 32.2.